The van der Waals surface area contributed by atoms with Gasteiger partial charge in [0, 0.05) is 6.54 Å². The van der Waals surface area contributed by atoms with E-state index in [9.17, 15) is 9.90 Å². The topological polar surface area (TPSA) is 67.8 Å². The van der Waals surface area contributed by atoms with E-state index in [2.05, 4.69) is 5.32 Å². The van der Waals surface area contributed by atoms with Gasteiger partial charge in [-0.15, -0.1) is 0 Å². The molecule has 28 heavy (non-hydrogen) atoms. The van der Waals surface area contributed by atoms with E-state index >= 15 is 0 Å². The molecule has 144 valence electrons. The van der Waals surface area contributed by atoms with Gasteiger partial charge in [0.05, 0.1) is 12.1 Å². The Labute approximate surface area is 168 Å². The smallest absolute Gasteiger partial charge is 0.258 e. The van der Waals surface area contributed by atoms with Crippen LogP contribution in [-0.2, 0) is 11.3 Å². The quantitative estimate of drug-likeness (QED) is 0.619. The molecule has 3 aromatic rings. The number of rotatable bonds is 7. The molecule has 6 heteroatoms. The number of phenolic OH excluding ortho intramolecular Hbond substituents is 1. The predicted octanol–water partition coefficient (Wildman–Crippen LogP) is 4.42. The first-order valence-corrected chi connectivity index (χ1v) is 9.05. The Morgan fingerprint density at radius 3 is 2.50 bits per heavy atom. The van der Waals surface area contributed by atoms with Gasteiger partial charge in [-0.3, -0.25) is 4.79 Å². The average Bonchev–Trinajstić information content (AvgIpc) is 2.72. The van der Waals surface area contributed by atoms with Crippen molar-refractivity contribution in [2.45, 2.75) is 6.54 Å². The molecule has 0 saturated carbocycles. The number of carbonyl (C=O) groups excluding carboxylic acids is 1. The van der Waals surface area contributed by atoms with E-state index in [0.29, 0.717) is 23.1 Å². The molecule has 0 unspecified atom stereocenters. The van der Waals surface area contributed by atoms with E-state index in [0.717, 1.165) is 16.7 Å². The number of carbonyl (C=O) groups is 1. The van der Waals surface area contributed by atoms with Crippen LogP contribution in [0.5, 0.6) is 17.2 Å². The van der Waals surface area contributed by atoms with E-state index in [1.54, 1.807) is 18.2 Å². The lowest BCUT2D eigenvalue weighted by Crippen LogP contribution is -2.28. The highest BCUT2D eigenvalue weighted by molar-refractivity contribution is 6.32. The van der Waals surface area contributed by atoms with Gasteiger partial charge in [0.25, 0.3) is 5.91 Å². The molecular weight excluding hydrogens is 378 g/mol. The minimum Gasteiger partial charge on any atom is -0.504 e. The molecule has 0 aliphatic carbocycles. The van der Waals surface area contributed by atoms with Gasteiger partial charge in [0.1, 0.15) is 5.75 Å². The number of halogens is 1. The monoisotopic (exact) mass is 397 g/mol. The van der Waals surface area contributed by atoms with Gasteiger partial charge in [-0.05, 0) is 41.0 Å². The van der Waals surface area contributed by atoms with E-state index in [-0.39, 0.29) is 18.3 Å². The van der Waals surface area contributed by atoms with Crippen LogP contribution in [-0.4, -0.2) is 24.7 Å². The van der Waals surface area contributed by atoms with E-state index in [1.807, 2.05) is 42.5 Å². The summed E-state index contributed by atoms with van der Waals surface area (Å²) in [7, 11) is 1.47. The normalized spacial score (nSPS) is 10.4. The molecule has 3 rings (SSSR count). The minimum absolute atomic E-state index is 0.0505. The summed E-state index contributed by atoms with van der Waals surface area (Å²) in [5.74, 6) is 0.570. The Morgan fingerprint density at radius 2 is 1.79 bits per heavy atom. The molecule has 0 heterocycles. The largest absolute Gasteiger partial charge is 0.504 e. The number of methoxy groups -OCH3 is 1. The number of amides is 1. The van der Waals surface area contributed by atoms with Crippen molar-refractivity contribution < 1.29 is 19.4 Å². The second-order valence-electron chi connectivity index (χ2n) is 6.08. The summed E-state index contributed by atoms with van der Waals surface area (Å²) in [5.41, 5.74) is 2.83. The molecule has 3 aromatic carbocycles. The molecule has 0 aliphatic rings. The Morgan fingerprint density at radius 1 is 1.00 bits per heavy atom. The zero-order valence-corrected chi connectivity index (χ0v) is 16.1. The zero-order valence-electron chi connectivity index (χ0n) is 15.3. The molecule has 5 nitrogen and oxygen atoms in total. The highest BCUT2D eigenvalue weighted by atomic mass is 35.5. The van der Waals surface area contributed by atoms with Gasteiger partial charge in [0.15, 0.2) is 18.1 Å². The van der Waals surface area contributed by atoms with E-state index < -0.39 is 0 Å². The first kappa shape index (κ1) is 19.6. The summed E-state index contributed by atoms with van der Waals surface area (Å²) in [4.78, 5) is 12.1. The molecule has 0 atom stereocenters. The second-order valence-corrected chi connectivity index (χ2v) is 6.49. The van der Waals surface area contributed by atoms with Crippen molar-refractivity contribution in [2.24, 2.45) is 0 Å². The fraction of sp³-hybridized carbons (Fsp3) is 0.136. The number of ether oxygens (including phenoxy) is 2. The highest BCUT2D eigenvalue weighted by Gasteiger charge is 2.09. The molecule has 0 fully saturated rings. The Bertz CT molecular complexity index is 960. The van der Waals surface area contributed by atoms with Crippen LogP contribution in [0.3, 0.4) is 0 Å². The fourth-order valence-corrected chi connectivity index (χ4v) is 2.89. The number of hydrogen-bond donors (Lipinski definition) is 2. The van der Waals surface area contributed by atoms with Crippen molar-refractivity contribution in [3.63, 3.8) is 0 Å². The van der Waals surface area contributed by atoms with Crippen LogP contribution >= 0.6 is 11.6 Å². The summed E-state index contributed by atoms with van der Waals surface area (Å²) in [5, 5.41) is 12.8. The SMILES string of the molecule is COc1cc(CNC(=O)COc2ccc(-c3ccccc3)cc2Cl)ccc1O. The van der Waals surface area contributed by atoms with Crippen molar-refractivity contribution >= 4 is 17.5 Å². The minimum atomic E-state index is -0.282. The van der Waals surface area contributed by atoms with Crippen molar-refractivity contribution in [1.29, 1.82) is 0 Å². The van der Waals surface area contributed by atoms with Crippen LogP contribution < -0.4 is 14.8 Å². The first-order valence-electron chi connectivity index (χ1n) is 8.67. The lowest BCUT2D eigenvalue weighted by molar-refractivity contribution is -0.123. The van der Waals surface area contributed by atoms with Crippen molar-refractivity contribution in [3.8, 4) is 28.4 Å². The van der Waals surface area contributed by atoms with Crippen LogP contribution in [0.2, 0.25) is 5.02 Å². The lowest BCUT2D eigenvalue weighted by atomic mass is 10.1. The molecule has 0 aliphatic heterocycles. The molecular formula is C22H20ClNO4. The van der Waals surface area contributed by atoms with Gasteiger partial charge < -0.3 is 19.9 Å². The average molecular weight is 398 g/mol. The van der Waals surface area contributed by atoms with Gasteiger partial charge >= 0.3 is 0 Å². The van der Waals surface area contributed by atoms with Gasteiger partial charge in [-0.25, -0.2) is 0 Å². The third-order valence-corrected chi connectivity index (χ3v) is 4.43. The number of hydrogen-bond acceptors (Lipinski definition) is 4. The van der Waals surface area contributed by atoms with Crippen LogP contribution in [0, 0.1) is 0 Å². The summed E-state index contributed by atoms with van der Waals surface area (Å²) < 4.78 is 10.6. The molecule has 0 saturated heterocycles. The van der Waals surface area contributed by atoms with Gasteiger partial charge in [0.2, 0.25) is 0 Å². The molecule has 2 N–H and O–H groups in total. The molecule has 1 amide bonds. The molecule has 0 aromatic heterocycles. The van der Waals surface area contributed by atoms with E-state index in [4.69, 9.17) is 21.1 Å². The van der Waals surface area contributed by atoms with Crippen LogP contribution in [0.4, 0.5) is 0 Å². The van der Waals surface area contributed by atoms with E-state index in [1.165, 1.54) is 13.2 Å². The van der Waals surface area contributed by atoms with Gasteiger partial charge in [-0.1, -0.05) is 54.1 Å². The fourth-order valence-electron chi connectivity index (χ4n) is 2.66. The molecule has 0 radical (unpaired) electrons. The molecule has 0 spiro atoms. The maximum atomic E-state index is 12.1. The Kier molecular flexibility index (Phi) is 6.40. The third kappa shape index (κ3) is 4.96. The maximum absolute atomic E-state index is 12.1. The Balaban J connectivity index is 1.54. The number of benzene rings is 3. The van der Waals surface area contributed by atoms with Crippen LogP contribution in [0.25, 0.3) is 11.1 Å². The second kappa shape index (κ2) is 9.15. The first-order chi connectivity index (χ1) is 13.6. The van der Waals surface area contributed by atoms with Gasteiger partial charge in [-0.2, -0.15) is 0 Å². The zero-order chi connectivity index (χ0) is 19.9. The summed E-state index contributed by atoms with van der Waals surface area (Å²) in [6, 6.07) is 20.2. The standard InChI is InChI=1S/C22H20ClNO4/c1-27-21-11-15(7-9-19(21)25)13-24-22(26)14-28-20-10-8-17(12-18(20)23)16-5-3-2-4-6-16/h2-12,25H,13-14H2,1H3,(H,24,26). The number of phenols is 1. The highest BCUT2D eigenvalue weighted by Crippen LogP contribution is 2.30. The predicted molar refractivity (Wildman–Crippen MR) is 109 cm³/mol. The third-order valence-electron chi connectivity index (χ3n) is 4.13. The van der Waals surface area contributed by atoms with Crippen molar-refractivity contribution in [1.82, 2.24) is 5.32 Å². The molecule has 0 bridgehead atoms. The van der Waals surface area contributed by atoms with Crippen molar-refractivity contribution in [3.05, 3.63) is 77.3 Å². The number of nitrogens with one attached hydrogen (secondary N) is 1. The summed E-state index contributed by atoms with van der Waals surface area (Å²) >= 11 is 6.29. The summed E-state index contributed by atoms with van der Waals surface area (Å²) in [6.45, 7) is 0.138. The van der Waals surface area contributed by atoms with Crippen LogP contribution in [0.1, 0.15) is 5.56 Å². The number of aromatic hydroxyl groups is 1. The van der Waals surface area contributed by atoms with Crippen LogP contribution in [0.15, 0.2) is 66.7 Å². The maximum Gasteiger partial charge on any atom is 0.258 e. The Hall–Kier alpha value is -3.18. The van der Waals surface area contributed by atoms with Crippen molar-refractivity contribution in [2.75, 3.05) is 13.7 Å². The lowest BCUT2D eigenvalue weighted by Gasteiger charge is -2.11. The summed E-state index contributed by atoms with van der Waals surface area (Å²) in [6.07, 6.45) is 0.